The first-order valence-electron chi connectivity index (χ1n) is 9.72. The van der Waals surface area contributed by atoms with E-state index < -0.39 is 5.97 Å². The molecule has 0 radical (unpaired) electrons. The van der Waals surface area contributed by atoms with Gasteiger partial charge < -0.3 is 19.4 Å². The molecule has 8 nitrogen and oxygen atoms in total. The van der Waals surface area contributed by atoms with Crippen LogP contribution >= 0.6 is 11.8 Å². The monoisotopic (exact) mass is 440 g/mol. The van der Waals surface area contributed by atoms with Crippen molar-refractivity contribution in [2.45, 2.75) is 32.2 Å². The lowest BCUT2D eigenvalue weighted by Crippen LogP contribution is -2.15. The van der Waals surface area contributed by atoms with Crippen LogP contribution in [0.4, 0.5) is 5.69 Å². The van der Waals surface area contributed by atoms with Crippen LogP contribution in [0.5, 0.6) is 5.75 Å². The fraction of sp³-hybridized carbons (Fsp3) is 0.273. The second kappa shape index (κ2) is 10.6. The highest BCUT2D eigenvalue weighted by Crippen LogP contribution is 2.20. The lowest BCUT2D eigenvalue weighted by atomic mass is 10.2. The Hall–Kier alpha value is -3.33. The molecular weight excluding hydrogens is 416 g/mol. The van der Waals surface area contributed by atoms with E-state index in [0.29, 0.717) is 28.8 Å². The number of nitrogens with one attached hydrogen (secondary N) is 1. The Balaban J connectivity index is 1.57. The summed E-state index contributed by atoms with van der Waals surface area (Å²) in [7, 11) is 1.31. The molecule has 0 aliphatic carbocycles. The summed E-state index contributed by atoms with van der Waals surface area (Å²) in [4.78, 5) is 24.0. The molecule has 1 heterocycles. The number of ether oxygens (including phenoxy) is 2. The van der Waals surface area contributed by atoms with Crippen LogP contribution in [-0.2, 0) is 22.7 Å². The Morgan fingerprint density at radius 1 is 1.13 bits per heavy atom. The molecule has 0 atom stereocenters. The van der Waals surface area contributed by atoms with Crippen LogP contribution in [0, 0.1) is 6.92 Å². The molecule has 0 aliphatic heterocycles. The van der Waals surface area contributed by atoms with Gasteiger partial charge in [-0.3, -0.25) is 4.79 Å². The largest absolute Gasteiger partial charge is 0.486 e. The quantitative estimate of drug-likeness (QED) is 0.400. The smallest absolute Gasteiger partial charge is 0.337 e. The van der Waals surface area contributed by atoms with Crippen LogP contribution in [0.2, 0.25) is 0 Å². The molecule has 1 aromatic heterocycles. The second-order valence-corrected chi connectivity index (χ2v) is 7.60. The van der Waals surface area contributed by atoms with Crippen molar-refractivity contribution in [2.75, 3.05) is 18.2 Å². The number of hydrogen-bond acceptors (Lipinski definition) is 7. The van der Waals surface area contributed by atoms with Crippen molar-refractivity contribution in [1.82, 2.24) is 14.8 Å². The number of esters is 1. The maximum Gasteiger partial charge on any atom is 0.337 e. The van der Waals surface area contributed by atoms with Gasteiger partial charge in [0, 0.05) is 12.2 Å². The number of rotatable bonds is 9. The summed E-state index contributed by atoms with van der Waals surface area (Å²) in [5, 5.41) is 11.8. The third-order valence-corrected chi connectivity index (χ3v) is 5.37. The summed E-state index contributed by atoms with van der Waals surface area (Å²) in [6.45, 7) is 4.95. The van der Waals surface area contributed by atoms with Crippen LogP contribution in [-0.4, -0.2) is 39.5 Å². The van der Waals surface area contributed by atoms with Gasteiger partial charge in [0.25, 0.3) is 0 Å². The number of carbonyl (C=O) groups is 2. The molecule has 3 aromatic rings. The highest BCUT2D eigenvalue weighted by Gasteiger charge is 2.14. The van der Waals surface area contributed by atoms with Crippen molar-refractivity contribution in [3.63, 3.8) is 0 Å². The SMILES string of the molecule is CCn1c(COc2ccc(C)cc2)nnc1SCC(=O)Nc1cccc(C(=O)OC)c1. The average molecular weight is 441 g/mol. The number of carbonyl (C=O) groups excluding carboxylic acids is 2. The van der Waals surface area contributed by atoms with Crippen LogP contribution in [0.15, 0.2) is 53.7 Å². The molecule has 31 heavy (non-hydrogen) atoms. The number of amides is 1. The molecule has 1 amide bonds. The summed E-state index contributed by atoms with van der Waals surface area (Å²) in [5.74, 6) is 0.937. The molecule has 0 spiro atoms. The van der Waals surface area contributed by atoms with Crippen molar-refractivity contribution in [3.8, 4) is 5.75 Å². The number of nitrogens with zero attached hydrogens (tertiary/aromatic N) is 3. The second-order valence-electron chi connectivity index (χ2n) is 6.65. The van der Waals surface area contributed by atoms with Crippen LogP contribution in [0.1, 0.15) is 28.7 Å². The number of hydrogen-bond donors (Lipinski definition) is 1. The Morgan fingerprint density at radius 3 is 2.61 bits per heavy atom. The fourth-order valence-corrected chi connectivity index (χ4v) is 3.62. The fourth-order valence-electron chi connectivity index (χ4n) is 2.80. The molecule has 0 fully saturated rings. The zero-order valence-electron chi connectivity index (χ0n) is 17.6. The number of thioether (sulfide) groups is 1. The van der Waals surface area contributed by atoms with Gasteiger partial charge in [0.05, 0.1) is 18.4 Å². The van der Waals surface area contributed by atoms with Crippen molar-refractivity contribution in [3.05, 3.63) is 65.5 Å². The van der Waals surface area contributed by atoms with Crippen molar-refractivity contribution in [2.24, 2.45) is 0 Å². The minimum absolute atomic E-state index is 0.152. The third-order valence-electron chi connectivity index (χ3n) is 4.40. The predicted octanol–water partition coefficient (Wildman–Crippen LogP) is 3.70. The zero-order valence-corrected chi connectivity index (χ0v) is 18.4. The average Bonchev–Trinajstić information content (AvgIpc) is 3.18. The first-order chi connectivity index (χ1) is 15.0. The van der Waals surface area contributed by atoms with Crippen molar-refractivity contribution in [1.29, 1.82) is 0 Å². The summed E-state index contributed by atoms with van der Waals surface area (Å²) in [6, 6.07) is 14.4. The van der Waals surface area contributed by atoms with E-state index in [1.807, 2.05) is 42.7 Å². The molecule has 0 saturated carbocycles. The summed E-state index contributed by atoms with van der Waals surface area (Å²) >= 11 is 1.29. The van der Waals surface area contributed by atoms with Gasteiger partial charge >= 0.3 is 5.97 Å². The van der Waals surface area contributed by atoms with Crippen LogP contribution in [0.3, 0.4) is 0 Å². The van der Waals surface area contributed by atoms with Crippen molar-refractivity contribution < 1.29 is 19.1 Å². The molecule has 0 aliphatic rings. The summed E-state index contributed by atoms with van der Waals surface area (Å²) < 4.78 is 12.4. The third kappa shape index (κ3) is 6.08. The summed E-state index contributed by atoms with van der Waals surface area (Å²) in [5.41, 5.74) is 2.06. The number of aryl methyl sites for hydroxylation is 1. The van der Waals surface area contributed by atoms with E-state index in [0.717, 1.165) is 11.3 Å². The normalized spacial score (nSPS) is 10.5. The standard InChI is InChI=1S/C22H24N4O4S/c1-4-26-19(13-30-18-10-8-15(2)9-11-18)24-25-22(26)31-14-20(27)23-17-7-5-6-16(12-17)21(28)29-3/h5-12H,4,13-14H2,1-3H3,(H,23,27). The topological polar surface area (TPSA) is 95.3 Å². The highest BCUT2D eigenvalue weighted by molar-refractivity contribution is 7.99. The Labute approximate surface area is 185 Å². The van der Waals surface area contributed by atoms with E-state index in [9.17, 15) is 9.59 Å². The Bertz CT molecular complexity index is 1050. The summed E-state index contributed by atoms with van der Waals surface area (Å²) in [6.07, 6.45) is 0. The molecule has 0 saturated heterocycles. The maximum atomic E-state index is 12.4. The molecule has 0 bridgehead atoms. The number of anilines is 1. The molecule has 1 N–H and O–H groups in total. The molecule has 9 heteroatoms. The predicted molar refractivity (Wildman–Crippen MR) is 118 cm³/mol. The molecule has 0 unspecified atom stereocenters. The number of methoxy groups -OCH3 is 1. The molecule has 162 valence electrons. The van der Waals surface area contributed by atoms with Crippen LogP contribution < -0.4 is 10.1 Å². The first kappa shape index (κ1) is 22.4. The van der Waals surface area contributed by atoms with Gasteiger partial charge in [-0.25, -0.2) is 4.79 Å². The van der Waals surface area contributed by atoms with E-state index in [2.05, 4.69) is 15.5 Å². The van der Waals surface area contributed by atoms with E-state index >= 15 is 0 Å². The minimum atomic E-state index is -0.457. The zero-order chi connectivity index (χ0) is 22.2. The minimum Gasteiger partial charge on any atom is -0.486 e. The molecule has 2 aromatic carbocycles. The molecule has 3 rings (SSSR count). The van der Waals surface area contributed by atoms with Crippen molar-refractivity contribution >= 4 is 29.3 Å². The van der Waals surface area contributed by atoms with Gasteiger partial charge in [0.1, 0.15) is 12.4 Å². The first-order valence-corrected chi connectivity index (χ1v) is 10.7. The van der Waals surface area contributed by atoms with Gasteiger partial charge in [-0.2, -0.15) is 0 Å². The van der Waals surface area contributed by atoms with E-state index in [-0.39, 0.29) is 18.3 Å². The number of aromatic nitrogens is 3. The van der Waals surface area contributed by atoms with E-state index in [1.165, 1.54) is 18.9 Å². The maximum absolute atomic E-state index is 12.4. The van der Waals surface area contributed by atoms with Gasteiger partial charge in [-0.1, -0.05) is 35.5 Å². The van der Waals surface area contributed by atoms with Gasteiger partial charge in [-0.15, -0.1) is 10.2 Å². The molecular formula is C22H24N4O4S. The van der Waals surface area contributed by atoms with E-state index in [4.69, 9.17) is 9.47 Å². The van der Waals surface area contributed by atoms with Gasteiger partial charge in [-0.05, 0) is 44.2 Å². The Kier molecular flexibility index (Phi) is 7.66. The lowest BCUT2D eigenvalue weighted by molar-refractivity contribution is -0.113. The number of benzene rings is 2. The highest BCUT2D eigenvalue weighted by atomic mass is 32.2. The van der Waals surface area contributed by atoms with Crippen LogP contribution in [0.25, 0.3) is 0 Å². The van der Waals surface area contributed by atoms with Gasteiger partial charge in [0.2, 0.25) is 5.91 Å². The van der Waals surface area contributed by atoms with E-state index in [1.54, 1.807) is 24.3 Å². The Morgan fingerprint density at radius 2 is 1.90 bits per heavy atom. The lowest BCUT2D eigenvalue weighted by Gasteiger charge is -2.09. The van der Waals surface area contributed by atoms with Gasteiger partial charge in [0.15, 0.2) is 11.0 Å².